The highest BCUT2D eigenvalue weighted by Crippen LogP contribution is 2.68. The fraction of sp³-hybridized carbons (Fsp3) is 0.938. The number of hydrogen-bond acceptors (Lipinski definition) is 4. The molecule has 21 heavy (non-hydrogen) atoms. The molecular formula is C16H26O5. The first-order chi connectivity index (χ1) is 9.78. The lowest BCUT2D eigenvalue weighted by Gasteiger charge is -2.65. The van der Waals surface area contributed by atoms with Gasteiger partial charge in [-0.3, -0.25) is 10.1 Å². The lowest BCUT2D eigenvalue weighted by Crippen LogP contribution is -2.65. The van der Waals surface area contributed by atoms with E-state index in [0.29, 0.717) is 32.1 Å². The summed E-state index contributed by atoms with van der Waals surface area (Å²) >= 11 is 0. The molecule has 0 aromatic heterocycles. The molecule has 5 heteroatoms. The van der Waals surface area contributed by atoms with E-state index in [1.807, 2.05) is 13.8 Å². The molecular weight excluding hydrogens is 272 g/mol. The molecule has 4 bridgehead atoms. The average Bonchev–Trinajstić information content (AvgIpc) is 2.35. The van der Waals surface area contributed by atoms with Crippen LogP contribution in [-0.2, 0) is 9.68 Å². The molecule has 6 atom stereocenters. The summed E-state index contributed by atoms with van der Waals surface area (Å²) in [4.78, 5) is 16.7. The summed E-state index contributed by atoms with van der Waals surface area (Å²) in [6.07, 6.45) is 4.11. The molecule has 0 aliphatic heterocycles. The summed E-state index contributed by atoms with van der Waals surface area (Å²) < 4.78 is 0. The van der Waals surface area contributed by atoms with Crippen LogP contribution < -0.4 is 0 Å². The summed E-state index contributed by atoms with van der Waals surface area (Å²) in [5.74, 6) is -0.431. The zero-order chi connectivity index (χ0) is 15.5. The maximum Gasteiger partial charge on any atom is 0.309 e. The molecule has 0 amide bonds. The van der Waals surface area contributed by atoms with Gasteiger partial charge < -0.3 is 10.2 Å². The monoisotopic (exact) mass is 298 g/mol. The minimum atomic E-state index is -0.901. The Labute approximate surface area is 125 Å². The van der Waals surface area contributed by atoms with Gasteiger partial charge in [-0.25, -0.2) is 4.89 Å². The second-order valence-corrected chi connectivity index (χ2v) is 8.09. The Morgan fingerprint density at radius 2 is 2.00 bits per heavy atom. The Morgan fingerprint density at radius 3 is 2.52 bits per heavy atom. The minimum Gasteiger partial charge on any atom is -0.481 e. The maximum atomic E-state index is 11.9. The molecule has 0 saturated heterocycles. The number of carboxylic acid groups (broad SMARTS) is 1. The molecule has 4 fully saturated rings. The van der Waals surface area contributed by atoms with E-state index in [4.69, 9.17) is 4.89 Å². The van der Waals surface area contributed by atoms with Crippen molar-refractivity contribution in [1.82, 2.24) is 0 Å². The third-order valence-corrected chi connectivity index (χ3v) is 6.41. The largest absolute Gasteiger partial charge is 0.481 e. The van der Waals surface area contributed by atoms with Crippen LogP contribution >= 0.6 is 0 Å². The quantitative estimate of drug-likeness (QED) is 0.536. The van der Waals surface area contributed by atoms with E-state index in [1.54, 1.807) is 0 Å². The van der Waals surface area contributed by atoms with Crippen molar-refractivity contribution in [2.24, 2.45) is 22.7 Å². The third-order valence-electron chi connectivity index (χ3n) is 6.41. The van der Waals surface area contributed by atoms with Gasteiger partial charge in [0.15, 0.2) is 0 Å². The van der Waals surface area contributed by atoms with Crippen LogP contribution in [0.15, 0.2) is 0 Å². The van der Waals surface area contributed by atoms with Gasteiger partial charge >= 0.3 is 5.97 Å². The topological polar surface area (TPSA) is 87.0 Å². The summed E-state index contributed by atoms with van der Waals surface area (Å²) in [6, 6.07) is 0. The second kappa shape index (κ2) is 4.67. The maximum absolute atomic E-state index is 11.9. The molecule has 4 rings (SSSR count). The normalized spacial score (nSPS) is 47.3. The molecule has 0 radical (unpaired) electrons. The van der Waals surface area contributed by atoms with Crippen LogP contribution in [0.5, 0.6) is 0 Å². The fourth-order valence-electron chi connectivity index (χ4n) is 6.05. The number of carboxylic acids is 1. The van der Waals surface area contributed by atoms with Gasteiger partial charge in [-0.15, -0.1) is 0 Å². The lowest BCUT2D eigenvalue weighted by atomic mass is 9.41. The summed E-state index contributed by atoms with van der Waals surface area (Å²) in [6.45, 7) is 4.07. The van der Waals surface area contributed by atoms with Crippen molar-refractivity contribution >= 4 is 5.97 Å². The predicted molar refractivity (Wildman–Crippen MR) is 75.6 cm³/mol. The molecule has 6 unspecified atom stereocenters. The Hall–Kier alpha value is -0.650. The van der Waals surface area contributed by atoms with E-state index in [1.165, 1.54) is 0 Å². The summed E-state index contributed by atoms with van der Waals surface area (Å²) in [5.41, 5.74) is -2.14. The zero-order valence-electron chi connectivity index (χ0n) is 12.8. The number of carbonyl (C=O) groups is 1. The lowest BCUT2D eigenvalue weighted by molar-refractivity contribution is -0.343. The predicted octanol–water partition coefficient (Wildman–Crippen LogP) is 2.68. The molecule has 4 aliphatic carbocycles. The van der Waals surface area contributed by atoms with Crippen LogP contribution in [0.1, 0.15) is 58.8 Å². The molecule has 5 nitrogen and oxygen atoms in total. The summed E-state index contributed by atoms with van der Waals surface area (Å²) in [7, 11) is 0. The van der Waals surface area contributed by atoms with E-state index in [0.717, 1.165) is 12.8 Å². The summed E-state index contributed by atoms with van der Waals surface area (Å²) in [5, 5.41) is 30.1. The molecule has 4 aliphatic rings. The van der Waals surface area contributed by atoms with Crippen molar-refractivity contribution in [3.8, 4) is 0 Å². The van der Waals surface area contributed by atoms with Gasteiger partial charge in [-0.05, 0) is 50.4 Å². The van der Waals surface area contributed by atoms with Crippen LogP contribution in [0.25, 0.3) is 0 Å². The van der Waals surface area contributed by atoms with E-state index >= 15 is 0 Å². The van der Waals surface area contributed by atoms with Gasteiger partial charge in [0.1, 0.15) is 6.10 Å². The van der Waals surface area contributed by atoms with Crippen molar-refractivity contribution < 1.29 is 25.2 Å². The van der Waals surface area contributed by atoms with Gasteiger partial charge in [0, 0.05) is 5.41 Å². The SMILES string of the molecule is CCC(C)C(OO)C12CC3CC(O)(CC(C(=O)O)(C3)C1)C2. The van der Waals surface area contributed by atoms with Crippen molar-refractivity contribution in [3.05, 3.63) is 0 Å². The van der Waals surface area contributed by atoms with Crippen LogP contribution in [0.3, 0.4) is 0 Å². The molecule has 0 aromatic rings. The molecule has 3 N–H and O–H groups in total. The molecule has 0 heterocycles. The number of aliphatic hydroxyl groups is 1. The molecule has 0 aromatic carbocycles. The number of aliphatic carboxylic acids is 1. The fourth-order valence-corrected chi connectivity index (χ4v) is 6.05. The Bertz CT molecular complexity index is 452. The number of rotatable bonds is 5. The van der Waals surface area contributed by atoms with Crippen LogP contribution in [-0.4, -0.2) is 33.1 Å². The van der Waals surface area contributed by atoms with Gasteiger partial charge in [0.05, 0.1) is 11.0 Å². The van der Waals surface area contributed by atoms with Crippen LogP contribution in [0.4, 0.5) is 0 Å². The zero-order valence-corrected chi connectivity index (χ0v) is 12.8. The standard InChI is InChI=1S/C16H26O5/c1-3-10(2)12(21-20)14-4-11-5-15(7-14,13(17)18)9-16(19,6-11)8-14/h10-12,19-20H,3-9H2,1-2H3,(H,17,18). The first-order valence-electron chi connectivity index (χ1n) is 8.04. The highest BCUT2D eigenvalue weighted by Gasteiger charge is 2.68. The second-order valence-electron chi connectivity index (χ2n) is 8.09. The third kappa shape index (κ3) is 2.13. The highest BCUT2D eigenvalue weighted by atomic mass is 17.1. The molecule has 0 spiro atoms. The van der Waals surface area contributed by atoms with E-state index in [-0.39, 0.29) is 11.8 Å². The highest BCUT2D eigenvalue weighted by molar-refractivity contribution is 5.75. The van der Waals surface area contributed by atoms with Gasteiger partial charge in [-0.1, -0.05) is 20.3 Å². The Morgan fingerprint density at radius 1 is 1.29 bits per heavy atom. The van der Waals surface area contributed by atoms with E-state index in [9.17, 15) is 20.3 Å². The van der Waals surface area contributed by atoms with Crippen molar-refractivity contribution in [2.75, 3.05) is 0 Å². The first kappa shape index (κ1) is 15.3. The van der Waals surface area contributed by atoms with Crippen LogP contribution in [0.2, 0.25) is 0 Å². The Kier molecular flexibility index (Phi) is 3.39. The average molecular weight is 298 g/mol. The molecule has 4 saturated carbocycles. The first-order valence-corrected chi connectivity index (χ1v) is 8.04. The van der Waals surface area contributed by atoms with Crippen molar-refractivity contribution in [1.29, 1.82) is 0 Å². The smallest absolute Gasteiger partial charge is 0.309 e. The molecule has 120 valence electrons. The van der Waals surface area contributed by atoms with Gasteiger partial charge in [-0.2, -0.15) is 0 Å². The minimum absolute atomic E-state index is 0.140. The Balaban J connectivity index is 2.01. The van der Waals surface area contributed by atoms with E-state index < -0.39 is 28.5 Å². The number of hydrogen-bond donors (Lipinski definition) is 3. The van der Waals surface area contributed by atoms with Crippen molar-refractivity contribution in [2.45, 2.75) is 70.5 Å². The van der Waals surface area contributed by atoms with Crippen molar-refractivity contribution in [3.63, 3.8) is 0 Å². The van der Waals surface area contributed by atoms with E-state index in [2.05, 4.69) is 0 Å². The van der Waals surface area contributed by atoms with Crippen LogP contribution in [0, 0.1) is 22.7 Å². The van der Waals surface area contributed by atoms with Gasteiger partial charge in [0.2, 0.25) is 0 Å². The van der Waals surface area contributed by atoms with Gasteiger partial charge in [0.25, 0.3) is 0 Å².